The monoisotopic (exact) mass is 357 g/mol. The molecule has 1 atom stereocenters. The standard InChI is InChI=1S/C19H23N3O2S/c1-14-7-8-15(12-20-14)19(24)22-10-9-16(13-22)21-18(23)6-2-4-17-5-3-11-25-17/h3,5,7-8,11-12,16H,2,4,6,9-10,13H2,1H3,(H,21,23)/t16-/m1/s1. The molecule has 0 aromatic carbocycles. The second-order valence-electron chi connectivity index (χ2n) is 6.43. The van der Waals surface area contributed by atoms with Crippen LogP contribution >= 0.6 is 11.3 Å². The Morgan fingerprint density at radius 3 is 2.96 bits per heavy atom. The number of pyridine rings is 1. The summed E-state index contributed by atoms with van der Waals surface area (Å²) in [5, 5.41) is 5.12. The van der Waals surface area contributed by atoms with Crippen LogP contribution in [-0.2, 0) is 11.2 Å². The van der Waals surface area contributed by atoms with Gasteiger partial charge in [0, 0.05) is 42.3 Å². The van der Waals surface area contributed by atoms with Crippen LogP contribution in [0.4, 0.5) is 0 Å². The Balaban J connectivity index is 1.42. The molecule has 1 fully saturated rings. The topological polar surface area (TPSA) is 62.3 Å². The Bertz CT molecular complexity index is 713. The number of aryl methyl sites for hydroxylation is 2. The lowest BCUT2D eigenvalue weighted by Crippen LogP contribution is -2.38. The van der Waals surface area contributed by atoms with Crippen molar-refractivity contribution in [3.05, 3.63) is 52.0 Å². The third-order valence-corrected chi connectivity index (χ3v) is 5.34. The highest BCUT2D eigenvalue weighted by atomic mass is 32.1. The van der Waals surface area contributed by atoms with Gasteiger partial charge in [-0.05, 0) is 49.8 Å². The molecule has 6 heteroatoms. The van der Waals surface area contributed by atoms with Gasteiger partial charge in [0.1, 0.15) is 0 Å². The van der Waals surface area contributed by atoms with E-state index in [9.17, 15) is 9.59 Å². The lowest BCUT2D eigenvalue weighted by molar-refractivity contribution is -0.121. The van der Waals surface area contributed by atoms with E-state index in [4.69, 9.17) is 0 Å². The van der Waals surface area contributed by atoms with Crippen LogP contribution in [0, 0.1) is 6.92 Å². The van der Waals surface area contributed by atoms with Gasteiger partial charge in [-0.3, -0.25) is 14.6 Å². The van der Waals surface area contributed by atoms with Crippen molar-refractivity contribution in [1.82, 2.24) is 15.2 Å². The normalized spacial score (nSPS) is 16.8. The van der Waals surface area contributed by atoms with E-state index in [1.807, 2.05) is 19.1 Å². The molecule has 0 radical (unpaired) electrons. The molecular formula is C19H23N3O2S. The Morgan fingerprint density at radius 1 is 1.36 bits per heavy atom. The van der Waals surface area contributed by atoms with E-state index >= 15 is 0 Å². The maximum Gasteiger partial charge on any atom is 0.255 e. The maximum atomic E-state index is 12.5. The highest BCUT2D eigenvalue weighted by Gasteiger charge is 2.27. The van der Waals surface area contributed by atoms with E-state index < -0.39 is 0 Å². The molecule has 5 nitrogen and oxygen atoms in total. The van der Waals surface area contributed by atoms with E-state index in [0.29, 0.717) is 25.1 Å². The SMILES string of the molecule is Cc1ccc(C(=O)N2CC[C@@H](NC(=O)CCCc3cccs3)C2)cn1. The number of hydrogen-bond acceptors (Lipinski definition) is 4. The van der Waals surface area contributed by atoms with Crippen molar-refractivity contribution < 1.29 is 9.59 Å². The molecule has 2 aromatic heterocycles. The van der Waals surface area contributed by atoms with Crippen molar-refractivity contribution in [2.45, 2.75) is 38.6 Å². The lowest BCUT2D eigenvalue weighted by Gasteiger charge is -2.17. The van der Waals surface area contributed by atoms with Crippen molar-refractivity contribution in [2.75, 3.05) is 13.1 Å². The molecule has 132 valence electrons. The summed E-state index contributed by atoms with van der Waals surface area (Å²) in [4.78, 5) is 31.8. The predicted octanol–water partition coefficient (Wildman–Crippen LogP) is 2.81. The van der Waals surface area contributed by atoms with Crippen molar-refractivity contribution in [3.63, 3.8) is 0 Å². The number of carbonyl (C=O) groups is 2. The summed E-state index contributed by atoms with van der Waals surface area (Å²) in [7, 11) is 0. The van der Waals surface area contributed by atoms with Crippen LogP contribution in [-0.4, -0.2) is 40.8 Å². The van der Waals surface area contributed by atoms with Gasteiger partial charge in [0.05, 0.1) is 5.56 Å². The van der Waals surface area contributed by atoms with Crippen molar-refractivity contribution >= 4 is 23.2 Å². The first-order valence-electron chi connectivity index (χ1n) is 8.65. The maximum absolute atomic E-state index is 12.5. The third-order valence-electron chi connectivity index (χ3n) is 4.41. The fourth-order valence-corrected chi connectivity index (χ4v) is 3.77. The Labute approximate surface area is 152 Å². The van der Waals surface area contributed by atoms with E-state index in [0.717, 1.165) is 25.0 Å². The van der Waals surface area contributed by atoms with Gasteiger partial charge < -0.3 is 10.2 Å². The molecule has 1 saturated heterocycles. The van der Waals surface area contributed by atoms with Gasteiger partial charge in [0.2, 0.25) is 5.91 Å². The molecule has 1 aliphatic rings. The summed E-state index contributed by atoms with van der Waals surface area (Å²) >= 11 is 1.73. The molecule has 0 bridgehead atoms. The minimum absolute atomic E-state index is 0.0121. The van der Waals surface area contributed by atoms with Gasteiger partial charge >= 0.3 is 0 Å². The number of nitrogens with one attached hydrogen (secondary N) is 1. The van der Waals surface area contributed by atoms with Gasteiger partial charge in [-0.1, -0.05) is 6.07 Å². The second kappa shape index (κ2) is 8.25. The Kier molecular flexibility index (Phi) is 5.81. The summed E-state index contributed by atoms with van der Waals surface area (Å²) in [6, 6.07) is 7.84. The van der Waals surface area contributed by atoms with Crippen LogP contribution in [0.3, 0.4) is 0 Å². The van der Waals surface area contributed by atoms with E-state index in [1.54, 1.807) is 28.5 Å². The van der Waals surface area contributed by atoms with Crippen molar-refractivity contribution in [1.29, 1.82) is 0 Å². The zero-order valence-corrected chi connectivity index (χ0v) is 15.2. The third kappa shape index (κ3) is 4.89. The molecule has 2 aromatic rings. The quantitative estimate of drug-likeness (QED) is 0.865. The van der Waals surface area contributed by atoms with Crippen molar-refractivity contribution in [3.8, 4) is 0 Å². The molecule has 1 aliphatic heterocycles. The minimum atomic E-state index is -0.0121. The number of carbonyl (C=O) groups excluding carboxylic acids is 2. The first kappa shape index (κ1) is 17.6. The summed E-state index contributed by atoms with van der Waals surface area (Å²) in [5.74, 6) is 0.0646. The number of thiophene rings is 1. The van der Waals surface area contributed by atoms with E-state index in [1.165, 1.54) is 4.88 Å². The van der Waals surface area contributed by atoms with Crippen LogP contribution in [0.25, 0.3) is 0 Å². The minimum Gasteiger partial charge on any atom is -0.352 e. The second-order valence-corrected chi connectivity index (χ2v) is 7.46. The van der Waals surface area contributed by atoms with Crippen LogP contribution in [0.15, 0.2) is 35.8 Å². The first-order chi connectivity index (χ1) is 12.1. The predicted molar refractivity (Wildman–Crippen MR) is 98.7 cm³/mol. The number of likely N-dealkylation sites (tertiary alicyclic amines) is 1. The molecule has 1 N–H and O–H groups in total. The summed E-state index contributed by atoms with van der Waals surface area (Å²) in [6.45, 7) is 3.14. The Hall–Kier alpha value is -2.21. The number of rotatable bonds is 6. The molecule has 3 rings (SSSR count). The fraction of sp³-hybridized carbons (Fsp3) is 0.421. The molecular weight excluding hydrogens is 334 g/mol. The summed E-state index contributed by atoms with van der Waals surface area (Å²) < 4.78 is 0. The fourth-order valence-electron chi connectivity index (χ4n) is 3.02. The van der Waals surface area contributed by atoms with Gasteiger partial charge in [0.15, 0.2) is 0 Å². The molecule has 3 heterocycles. The van der Waals surface area contributed by atoms with Crippen LogP contribution < -0.4 is 5.32 Å². The zero-order valence-electron chi connectivity index (χ0n) is 14.4. The van der Waals surface area contributed by atoms with Crippen LogP contribution in [0.1, 0.15) is 40.2 Å². The number of aromatic nitrogens is 1. The van der Waals surface area contributed by atoms with E-state index in [-0.39, 0.29) is 17.9 Å². The average Bonchev–Trinajstić information content (AvgIpc) is 3.27. The molecule has 25 heavy (non-hydrogen) atoms. The van der Waals surface area contributed by atoms with Crippen molar-refractivity contribution in [2.24, 2.45) is 0 Å². The molecule has 0 saturated carbocycles. The number of hydrogen-bond donors (Lipinski definition) is 1. The zero-order chi connectivity index (χ0) is 17.6. The van der Waals surface area contributed by atoms with Gasteiger partial charge in [-0.25, -0.2) is 0 Å². The highest BCUT2D eigenvalue weighted by molar-refractivity contribution is 7.09. The molecule has 0 spiro atoms. The molecule has 0 unspecified atom stereocenters. The summed E-state index contributed by atoms with van der Waals surface area (Å²) in [5.41, 5.74) is 1.50. The van der Waals surface area contributed by atoms with E-state index in [2.05, 4.69) is 21.7 Å². The summed E-state index contributed by atoms with van der Waals surface area (Å²) in [6.07, 6.45) is 4.76. The van der Waals surface area contributed by atoms with Crippen LogP contribution in [0.2, 0.25) is 0 Å². The Morgan fingerprint density at radius 2 is 2.24 bits per heavy atom. The number of nitrogens with zero attached hydrogens (tertiary/aromatic N) is 2. The number of amides is 2. The lowest BCUT2D eigenvalue weighted by atomic mass is 10.2. The largest absolute Gasteiger partial charge is 0.352 e. The first-order valence-corrected chi connectivity index (χ1v) is 9.53. The van der Waals surface area contributed by atoms with Crippen LogP contribution in [0.5, 0.6) is 0 Å². The smallest absolute Gasteiger partial charge is 0.255 e. The highest BCUT2D eigenvalue weighted by Crippen LogP contribution is 2.15. The average molecular weight is 357 g/mol. The van der Waals surface area contributed by atoms with Gasteiger partial charge in [-0.15, -0.1) is 11.3 Å². The van der Waals surface area contributed by atoms with Gasteiger partial charge in [0.25, 0.3) is 5.91 Å². The molecule has 2 amide bonds. The van der Waals surface area contributed by atoms with Gasteiger partial charge in [-0.2, -0.15) is 0 Å². The molecule has 0 aliphatic carbocycles.